The minimum atomic E-state index is -0.208. The molecule has 0 radical (unpaired) electrons. The zero-order chi connectivity index (χ0) is 24.2. The third kappa shape index (κ3) is 4.90. The normalized spacial score (nSPS) is 14.5. The number of para-hydroxylation sites is 1. The fourth-order valence-electron chi connectivity index (χ4n) is 4.38. The number of nitrogens with zero attached hydrogens (tertiary/aromatic N) is 3. The van der Waals surface area contributed by atoms with E-state index in [0.717, 1.165) is 29.8 Å². The van der Waals surface area contributed by atoms with Crippen LogP contribution >= 0.6 is 0 Å². The van der Waals surface area contributed by atoms with Gasteiger partial charge in [0.15, 0.2) is 5.76 Å². The summed E-state index contributed by atoms with van der Waals surface area (Å²) in [7, 11) is 0. The highest BCUT2D eigenvalue weighted by Gasteiger charge is 2.25. The Morgan fingerprint density at radius 3 is 2.41 bits per heavy atom. The van der Waals surface area contributed by atoms with Gasteiger partial charge in [0.25, 0.3) is 5.91 Å². The SMILES string of the molecule is Cc1ccc(C(=O)NC2CCN(CC(=O)Nc3c(C#N)c(C)c(C)n3-c3ccccc3)CC2)o1. The second kappa shape index (κ2) is 9.98. The molecule has 8 nitrogen and oxygen atoms in total. The summed E-state index contributed by atoms with van der Waals surface area (Å²) in [4.78, 5) is 27.3. The summed E-state index contributed by atoms with van der Waals surface area (Å²) in [5, 5.41) is 15.7. The highest BCUT2D eigenvalue weighted by Crippen LogP contribution is 2.30. The fraction of sp³-hybridized carbons (Fsp3) is 0.346. The molecule has 3 heterocycles. The van der Waals surface area contributed by atoms with Crippen molar-refractivity contribution < 1.29 is 14.0 Å². The smallest absolute Gasteiger partial charge is 0.287 e. The van der Waals surface area contributed by atoms with Crippen LogP contribution < -0.4 is 10.6 Å². The largest absolute Gasteiger partial charge is 0.456 e. The van der Waals surface area contributed by atoms with E-state index in [2.05, 4.69) is 21.6 Å². The average Bonchev–Trinajstić information content (AvgIpc) is 3.36. The van der Waals surface area contributed by atoms with Crippen molar-refractivity contribution in [1.82, 2.24) is 14.8 Å². The quantitative estimate of drug-likeness (QED) is 0.585. The van der Waals surface area contributed by atoms with E-state index in [-0.39, 0.29) is 24.4 Å². The first-order valence-electron chi connectivity index (χ1n) is 11.4. The van der Waals surface area contributed by atoms with Crippen LogP contribution in [0.5, 0.6) is 0 Å². The third-order valence-corrected chi connectivity index (χ3v) is 6.35. The molecular formula is C26H29N5O3. The van der Waals surface area contributed by atoms with E-state index in [9.17, 15) is 14.9 Å². The maximum Gasteiger partial charge on any atom is 0.287 e. The van der Waals surface area contributed by atoms with Crippen molar-refractivity contribution in [3.8, 4) is 11.8 Å². The maximum absolute atomic E-state index is 12.9. The number of rotatable bonds is 6. The van der Waals surface area contributed by atoms with Gasteiger partial charge in [-0.1, -0.05) is 18.2 Å². The van der Waals surface area contributed by atoms with Crippen LogP contribution in [-0.4, -0.2) is 47.0 Å². The van der Waals surface area contributed by atoms with Gasteiger partial charge in [-0.3, -0.25) is 19.1 Å². The summed E-state index contributed by atoms with van der Waals surface area (Å²) < 4.78 is 7.31. The molecule has 1 saturated heterocycles. The predicted octanol–water partition coefficient (Wildman–Crippen LogP) is 3.70. The lowest BCUT2D eigenvalue weighted by Crippen LogP contribution is -2.46. The van der Waals surface area contributed by atoms with Crippen molar-refractivity contribution in [2.24, 2.45) is 0 Å². The molecule has 3 aromatic rings. The van der Waals surface area contributed by atoms with Crippen LogP contribution in [0.2, 0.25) is 0 Å². The lowest BCUT2D eigenvalue weighted by Gasteiger charge is -2.31. The van der Waals surface area contributed by atoms with Crippen molar-refractivity contribution in [2.45, 2.75) is 39.7 Å². The van der Waals surface area contributed by atoms with E-state index in [0.29, 0.717) is 36.0 Å². The van der Waals surface area contributed by atoms with E-state index < -0.39 is 0 Å². The molecule has 0 unspecified atom stereocenters. The Morgan fingerprint density at radius 2 is 1.79 bits per heavy atom. The number of piperidine rings is 1. The maximum atomic E-state index is 12.9. The summed E-state index contributed by atoms with van der Waals surface area (Å²) in [6, 6.07) is 15.4. The van der Waals surface area contributed by atoms with Crippen LogP contribution in [0.25, 0.3) is 5.69 Å². The zero-order valence-corrected chi connectivity index (χ0v) is 19.7. The lowest BCUT2D eigenvalue weighted by atomic mass is 10.0. The Bertz CT molecular complexity index is 1230. The monoisotopic (exact) mass is 459 g/mol. The molecule has 2 aromatic heterocycles. The van der Waals surface area contributed by atoms with Gasteiger partial charge in [-0.05, 0) is 63.4 Å². The van der Waals surface area contributed by atoms with Gasteiger partial charge in [-0.25, -0.2) is 0 Å². The van der Waals surface area contributed by atoms with E-state index in [1.54, 1.807) is 19.1 Å². The van der Waals surface area contributed by atoms with Gasteiger partial charge < -0.3 is 15.1 Å². The molecule has 0 spiro atoms. The first kappa shape index (κ1) is 23.3. The number of likely N-dealkylation sites (tertiary alicyclic amines) is 1. The van der Waals surface area contributed by atoms with Gasteiger partial charge in [-0.2, -0.15) is 5.26 Å². The minimum absolute atomic E-state index is 0.0445. The zero-order valence-electron chi connectivity index (χ0n) is 19.7. The highest BCUT2D eigenvalue weighted by molar-refractivity contribution is 5.94. The number of anilines is 1. The summed E-state index contributed by atoms with van der Waals surface area (Å²) in [6.07, 6.45) is 1.50. The molecule has 1 aliphatic heterocycles. The topological polar surface area (TPSA) is 103 Å². The molecule has 2 amide bonds. The van der Waals surface area contributed by atoms with Crippen LogP contribution in [0.1, 0.15) is 46.0 Å². The molecular weight excluding hydrogens is 430 g/mol. The number of carbonyl (C=O) groups is 2. The Morgan fingerprint density at radius 1 is 1.09 bits per heavy atom. The van der Waals surface area contributed by atoms with Crippen molar-refractivity contribution in [3.05, 3.63) is 70.8 Å². The molecule has 0 bridgehead atoms. The second-order valence-corrected chi connectivity index (χ2v) is 8.70. The Kier molecular flexibility index (Phi) is 6.85. The first-order valence-corrected chi connectivity index (χ1v) is 11.4. The third-order valence-electron chi connectivity index (χ3n) is 6.35. The average molecular weight is 460 g/mol. The van der Waals surface area contributed by atoms with Crippen LogP contribution in [0.4, 0.5) is 5.82 Å². The minimum Gasteiger partial charge on any atom is -0.456 e. The molecule has 0 atom stereocenters. The van der Waals surface area contributed by atoms with Gasteiger partial charge in [-0.15, -0.1) is 0 Å². The Balaban J connectivity index is 1.37. The number of carbonyl (C=O) groups excluding carboxylic acids is 2. The van der Waals surface area contributed by atoms with Crippen molar-refractivity contribution >= 4 is 17.6 Å². The van der Waals surface area contributed by atoms with Gasteiger partial charge in [0.05, 0.1) is 12.1 Å². The number of hydrogen-bond acceptors (Lipinski definition) is 5. The van der Waals surface area contributed by atoms with Crippen LogP contribution in [-0.2, 0) is 4.79 Å². The summed E-state index contributed by atoms with van der Waals surface area (Å²) in [5.74, 6) is 1.15. The first-order chi connectivity index (χ1) is 16.4. The number of aromatic nitrogens is 1. The van der Waals surface area contributed by atoms with Crippen molar-refractivity contribution in [3.63, 3.8) is 0 Å². The standard InChI is InChI=1S/C26H29N5O3/c1-17-9-10-23(34-17)26(33)28-20-11-13-30(14-12-20)16-24(32)29-25-22(15-27)18(2)19(3)31(25)21-7-5-4-6-8-21/h4-10,20H,11-14,16H2,1-3H3,(H,28,33)(H,29,32). The predicted molar refractivity (Wildman–Crippen MR) is 129 cm³/mol. The molecule has 1 aliphatic rings. The number of amides is 2. The van der Waals surface area contributed by atoms with E-state index in [1.807, 2.05) is 48.7 Å². The molecule has 176 valence electrons. The van der Waals surface area contributed by atoms with Crippen LogP contribution in [0.3, 0.4) is 0 Å². The summed E-state index contributed by atoms with van der Waals surface area (Å²) in [5.41, 5.74) is 3.14. The molecule has 0 saturated carbocycles. The number of aryl methyl sites for hydroxylation is 1. The molecule has 4 rings (SSSR count). The number of hydrogen-bond donors (Lipinski definition) is 2. The highest BCUT2D eigenvalue weighted by atomic mass is 16.3. The van der Waals surface area contributed by atoms with E-state index in [4.69, 9.17) is 4.42 Å². The summed E-state index contributed by atoms with van der Waals surface area (Å²) in [6.45, 7) is 7.26. The molecule has 0 aliphatic carbocycles. The molecule has 34 heavy (non-hydrogen) atoms. The number of furan rings is 1. The Labute approximate surface area is 199 Å². The Hall–Kier alpha value is -3.83. The molecule has 2 N–H and O–H groups in total. The number of nitriles is 1. The molecule has 1 fully saturated rings. The number of benzene rings is 1. The van der Waals surface area contributed by atoms with Crippen LogP contribution in [0.15, 0.2) is 46.9 Å². The van der Waals surface area contributed by atoms with Crippen molar-refractivity contribution in [1.29, 1.82) is 5.26 Å². The van der Waals surface area contributed by atoms with Gasteiger partial charge in [0.2, 0.25) is 5.91 Å². The van der Waals surface area contributed by atoms with Crippen LogP contribution in [0, 0.1) is 32.1 Å². The molecule has 1 aromatic carbocycles. The van der Waals surface area contributed by atoms with Gasteiger partial charge >= 0.3 is 0 Å². The van der Waals surface area contributed by atoms with Crippen molar-refractivity contribution in [2.75, 3.05) is 25.0 Å². The van der Waals surface area contributed by atoms with E-state index in [1.165, 1.54) is 0 Å². The fourth-order valence-corrected chi connectivity index (χ4v) is 4.38. The van der Waals surface area contributed by atoms with E-state index >= 15 is 0 Å². The number of nitrogens with one attached hydrogen (secondary N) is 2. The van der Waals surface area contributed by atoms with Gasteiger partial charge in [0.1, 0.15) is 17.6 Å². The molecule has 8 heteroatoms. The second-order valence-electron chi connectivity index (χ2n) is 8.70. The summed E-state index contributed by atoms with van der Waals surface area (Å²) >= 11 is 0. The lowest BCUT2D eigenvalue weighted by molar-refractivity contribution is -0.117. The van der Waals surface area contributed by atoms with Gasteiger partial charge in [0, 0.05) is 30.5 Å².